The molecule has 3 nitrogen and oxygen atoms in total. The van der Waals surface area contributed by atoms with E-state index in [1.807, 2.05) is 6.92 Å². The number of ether oxygens (including phenoxy) is 1. The monoisotopic (exact) mass is 297 g/mol. The second-order valence-corrected chi connectivity index (χ2v) is 4.66. The summed E-state index contributed by atoms with van der Waals surface area (Å²) < 4.78 is 40.0. The van der Waals surface area contributed by atoms with Gasteiger partial charge >= 0.3 is 6.36 Å². The summed E-state index contributed by atoms with van der Waals surface area (Å²) in [6, 6.07) is 9.63. The molecule has 21 heavy (non-hydrogen) atoms. The minimum atomic E-state index is -4.72. The largest absolute Gasteiger partial charge is 0.573 e. The van der Waals surface area contributed by atoms with Crippen molar-refractivity contribution >= 4 is 0 Å². The average molecular weight is 297 g/mol. The molecule has 2 aromatic rings. The predicted octanol–water partition coefficient (Wildman–Crippen LogP) is 3.65. The number of nitrogens with two attached hydrogens (primary N) is 1. The second kappa shape index (κ2) is 5.65. The molecule has 1 atom stereocenters. The van der Waals surface area contributed by atoms with Crippen molar-refractivity contribution in [1.29, 1.82) is 0 Å². The van der Waals surface area contributed by atoms with Crippen molar-refractivity contribution in [2.24, 2.45) is 5.73 Å². The summed E-state index contributed by atoms with van der Waals surface area (Å²) in [5.41, 5.74) is 8.05. The second-order valence-electron chi connectivity index (χ2n) is 4.66. The summed E-state index contributed by atoms with van der Waals surface area (Å²) >= 11 is 0. The van der Waals surface area contributed by atoms with Crippen molar-refractivity contribution in [2.45, 2.75) is 19.3 Å². The summed E-state index contributed by atoms with van der Waals surface area (Å²) in [4.78, 5) is 0. The lowest BCUT2D eigenvalue weighted by Gasteiger charge is -2.16. The lowest BCUT2D eigenvalue weighted by atomic mass is 9.97. The van der Waals surface area contributed by atoms with Gasteiger partial charge in [0.25, 0.3) is 0 Å². The Morgan fingerprint density at radius 1 is 1.10 bits per heavy atom. The molecule has 3 N–H and O–H groups in total. The Bertz CT molecular complexity index is 624. The lowest BCUT2D eigenvalue weighted by molar-refractivity contribution is -0.274. The number of phenolic OH excluding ortho intramolecular Hbond substituents is 1. The first kappa shape index (κ1) is 15.2. The summed E-state index contributed by atoms with van der Waals surface area (Å²) in [6.07, 6.45) is -4.72. The van der Waals surface area contributed by atoms with Gasteiger partial charge < -0.3 is 15.6 Å². The van der Waals surface area contributed by atoms with E-state index < -0.39 is 12.4 Å². The highest BCUT2D eigenvalue weighted by molar-refractivity contribution is 5.43. The Balaban J connectivity index is 2.24. The lowest BCUT2D eigenvalue weighted by Crippen LogP contribution is -2.17. The Labute approximate surface area is 119 Å². The van der Waals surface area contributed by atoms with E-state index in [9.17, 15) is 18.3 Å². The number of aryl methyl sites for hydroxylation is 1. The fourth-order valence-corrected chi connectivity index (χ4v) is 1.98. The topological polar surface area (TPSA) is 55.5 Å². The van der Waals surface area contributed by atoms with Gasteiger partial charge in [-0.25, -0.2) is 0 Å². The fraction of sp³-hybridized carbons (Fsp3) is 0.200. The van der Waals surface area contributed by atoms with Gasteiger partial charge in [0.1, 0.15) is 11.5 Å². The molecule has 0 fully saturated rings. The Hall–Kier alpha value is -2.21. The molecule has 0 amide bonds. The van der Waals surface area contributed by atoms with Gasteiger partial charge in [-0.15, -0.1) is 13.2 Å². The van der Waals surface area contributed by atoms with Crippen LogP contribution in [0.25, 0.3) is 0 Å². The Kier molecular flexibility index (Phi) is 4.09. The van der Waals surface area contributed by atoms with E-state index in [0.717, 1.165) is 5.56 Å². The van der Waals surface area contributed by atoms with Crippen molar-refractivity contribution in [3.05, 3.63) is 59.2 Å². The summed E-state index contributed by atoms with van der Waals surface area (Å²) in [6.45, 7) is 1.86. The molecule has 0 saturated carbocycles. The van der Waals surface area contributed by atoms with E-state index in [2.05, 4.69) is 4.74 Å². The molecule has 0 aliphatic rings. The third-order valence-corrected chi connectivity index (χ3v) is 2.99. The van der Waals surface area contributed by atoms with Crippen molar-refractivity contribution in [3.63, 3.8) is 0 Å². The normalized spacial score (nSPS) is 13.0. The van der Waals surface area contributed by atoms with E-state index in [1.54, 1.807) is 12.1 Å². The van der Waals surface area contributed by atoms with Gasteiger partial charge in [0, 0.05) is 5.56 Å². The first-order chi connectivity index (χ1) is 9.76. The number of alkyl halides is 3. The molecule has 2 aromatic carbocycles. The van der Waals surface area contributed by atoms with Crippen molar-refractivity contribution < 1.29 is 23.0 Å². The number of phenols is 1. The van der Waals surface area contributed by atoms with Crippen LogP contribution in [0, 0.1) is 6.92 Å². The number of benzene rings is 2. The minimum absolute atomic E-state index is 0.0451. The minimum Gasteiger partial charge on any atom is -0.508 e. The van der Waals surface area contributed by atoms with Gasteiger partial charge in [-0.05, 0) is 30.7 Å². The molecule has 0 heterocycles. The van der Waals surface area contributed by atoms with Gasteiger partial charge in [-0.2, -0.15) is 0 Å². The van der Waals surface area contributed by atoms with E-state index in [0.29, 0.717) is 11.1 Å². The number of halogens is 3. The molecule has 2 rings (SSSR count). The first-order valence-electron chi connectivity index (χ1n) is 6.17. The highest BCUT2D eigenvalue weighted by Crippen LogP contribution is 2.30. The molecular formula is C15H14F3NO2. The van der Waals surface area contributed by atoms with Crippen molar-refractivity contribution in [3.8, 4) is 11.5 Å². The highest BCUT2D eigenvalue weighted by atomic mass is 19.4. The molecule has 0 aliphatic carbocycles. The number of rotatable bonds is 3. The van der Waals surface area contributed by atoms with Crippen molar-refractivity contribution in [2.75, 3.05) is 0 Å². The zero-order valence-electron chi connectivity index (χ0n) is 11.2. The molecule has 0 aliphatic heterocycles. The Morgan fingerprint density at radius 2 is 1.71 bits per heavy atom. The van der Waals surface area contributed by atoms with Crippen LogP contribution in [0.1, 0.15) is 22.7 Å². The van der Waals surface area contributed by atoms with Gasteiger partial charge in [0.05, 0.1) is 6.04 Å². The van der Waals surface area contributed by atoms with Gasteiger partial charge in [-0.3, -0.25) is 0 Å². The molecule has 0 bridgehead atoms. The number of aromatic hydroxyl groups is 1. The van der Waals surface area contributed by atoms with Crippen LogP contribution in [0.5, 0.6) is 11.5 Å². The summed E-state index contributed by atoms with van der Waals surface area (Å²) in [5.74, 6) is -0.268. The third kappa shape index (κ3) is 3.88. The summed E-state index contributed by atoms with van der Waals surface area (Å²) in [5, 5.41) is 9.82. The fourth-order valence-electron chi connectivity index (χ4n) is 1.98. The van der Waals surface area contributed by atoms with Crippen molar-refractivity contribution in [1.82, 2.24) is 0 Å². The van der Waals surface area contributed by atoms with E-state index >= 15 is 0 Å². The third-order valence-electron chi connectivity index (χ3n) is 2.99. The highest BCUT2D eigenvalue weighted by Gasteiger charge is 2.31. The van der Waals surface area contributed by atoms with Gasteiger partial charge in [-0.1, -0.05) is 29.8 Å². The molecule has 0 spiro atoms. The zero-order valence-corrected chi connectivity index (χ0v) is 11.2. The summed E-state index contributed by atoms with van der Waals surface area (Å²) in [7, 11) is 0. The average Bonchev–Trinajstić information content (AvgIpc) is 2.40. The predicted molar refractivity (Wildman–Crippen MR) is 72.0 cm³/mol. The van der Waals surface area contributed by atoms with E-state index in [-0.39, 0.29) is 11.5 Å². The van der Waals surface area contributed by atoms with Crippen LogP contribution in [-0.4, -0.2) is 11.5 Å². The standard InChI is InChI=1S/C15H14F3NO2/c1-9-2-7-13(20)12(8-9)14(19)10-3-5-11(6-4-10)21-15(16,17)18/h2-8,14,20H,19H2,1H3/t14-/m0/s1. The molecule has 0 radical (unpaired) electrons. The molecule has 0 aromatic heterocycles. The number of hydrogen-bond acceptors (Lipinski definition) is 3. The van der Waals surface area contributed by atoms with Crippen LogP contribution >= 0.6 is 0 Å². The van der Waals surface area contributed by atoms with Crippen LogP contribution in [0.4, 0.5) is 13.2 Å². The van der Waals surface area contributed by atoms with E-state index in [1.165, 1.54) is 30.3 Å². The smallest absolute Gasteiger partial charge is 0.508 e. The van der Waals surface area contributed by atoms with Crippen LogP contribution in [-0.2, 0) is 0 Å². The maximum Gasteiger partial charge on any atom is 0.573 e. The maximum absolute atomic E-state index is 12.1. The molecule has 0 unspecified atom stereocenters. The quantitative estimate of drug-likeness (QED) is 0.909. The Morgan fingerprint density at radius 3 is 2.29 bits per heavy atom. The van der Waals surface area contributed by atoms with Gasteiger partial charge in [0.2, 0.25) is 0 Å². The zero-order chi connectivity index (χ0) is 15.6. The van der Waals surface area contributed by atoms with Crippen LogP contribution in [0.2, 0.25) is 0 Å². The number of hydrogen-bond donors (Lipinski definition) is 2. The van der Waals surface area contributed by atoms with Crippen LogP contribution in [0.15, 0.2) is 42.5 Å². The van der Waals surface area contributed by atoms with E-state index in [4.69, 9.17) is 5.73 Å². The van der Waals surface area contributed by atoms with Crippen LogP contribution < -0.4 is 10.5 Å². The molecule has 6 heteroatoms. The molecular weight excluding hydrogens is 283 g/mol. The first-order valence-corrected chi connectivity index (χ1v) is 6.17. The molecule has 112 valence electrons. The maximum atomic E-state index is 12.1. The molecule has 0 saturated heterocycles. The van der Waals surface area contributed by atoms with Crippen LogP contribution in [0.3, 0.4) is 0 Å². The van der Waals surface area contributed by atoms with Gasteiger partial charge in [0.15, 0.2) is 0 Å². The SMILES string of the molecule is Cc1ccc(O)c([C@@H](N)c2ccc(OC(F)(F)F)cc2)c1.